The highest BCUT2D eigenvalue weighted by Gasteiger charge is 2.39. The molecule has 1 amide bonds. The number of carbonyl (C=O) groups is 1. The quantitative estimate of drug-likeness (QED) is 0.320. The molecule has 2 aromatic carbocycles. The molecule has 0 radical (unpaired) electrons. The van der Waals surface area contributed by atoms with Gasteiger partial charge in [-0.1, -0.05) is 48.0 Å². The Morgan fingerprint density at radius 1 is 1.00 bits per heavy atom. The lowest BCUT2D eigenvalue weighted by Gasteiger charge is -2.09. The lowest BCUT2D eigenvalue weighted by Crippen LogP contribution is -2.29. The van der Waals surface area contributed by atoms with Gasteiger partial charge >= 0.3 is 6.18 Å². The molecule has 2 aromatic heterocycles. The number of hydrogen-bond acceptors (Lipinski definition) is 4. The second-order valence-corrected chi connectivity index (χ2v) is 8.57. The fourth-order valence-corrected chi connectivity index (χ4v) is 3.77. The molecular weight excluding hydrogens is 509 g/mol. The first-order valence-electron chi connectivity index (χ1n) is 11.2. The molecule has 0 aliphatic carbocycles. The predicted molar refractivity (Wildman–Crippen MR) is 132 cm³/mol. The predicted octanol–water partition coefficient (Wildman–Crippen LogP) is 4.62. The fourth-order valence-electron chi connectivity index (χ4n) is 3.59. The third kappa shape index (κ3) is 7.01. The smallest absolute Gasteiger partial charge is 0.435 e. The maximum Gasteiger partial charge on any atom is 0.435 e. The molecule has 7 nitrogen and oxygen atoms in total. The van der Waals surface area contributed by atoms with Gasteiger partial charge < -0.3 is 14.6 Å². The van der Waals surface area contributed by atoms with Crippen molar-refractivity contribution in [1.82, 2.24) is 19.7 Å². The second-order valence-electron chi connectivity index (χ2n) is 8.13. The highest BCUT2D eigenvalue weighted by Crippen LogP contribution is 2.31. The number of benzene rings is 2. The summed E-state index contributed by atoms with van der Waals surface area (Å²) in [5.74, 6) is -0.427. The Hall–Kier alpha value is -4.05. The number of alkyl halides is 3. The van der Waals surface area contributed by atoms with Crippen LogP contribution < -0.4 is 15.6 Å². The van der Waals surface area contributed by atoms with Gasteiger partial charge in [-0.05, 0) is 35.4 Å². The average molecular weight is 531 g/mol. The van der Waals surface area contributed by atoms with Gasteiger partial charge in [-0.25, -0.2) is 0 Å². The first kappa shape index (κ1) is 26.0. The number of rotatable bonds is 9. The Balaban J connectivity index is 1.40. The summed E-state index contributed by atoms with van der Waals surface area (Å²) in [6.07, 6.45) is -2.05. The minimum absolute atomic E-state index is 0.0141. The number of ether oxygens (including phenoxy) is 1. The number of amides is 1. The monoisotopic (exact) mass is 530 g/mol. The Morgan fingerprint density at radius 3 is 2.41 bits per heavy atom. The first-order chi connectivity index (χ1) is 17.7. The summed E-state index contributed by atoms with van der Waals surface area (Å²) in [5.41, 5.74) is -0.434. The van der Waals surface area contributed by atoms with Gasteiger partial charge in [-0.3, -0.25) is 14.3 Å². The highest BCUT2D eigenvalue weighted by molar-refractivity contribution is 6.30. The average Bonchev–Trinajstić information content (AvgIpc) is 3.29. The van der Waals surface area contributed by atoms with E-state index in [4.69, 9.17) is 16.3 Å². The fraction of sp³-hybridized carbons (Fsp3) is 0.192. The molecule has 0 spiro atoms. The largest absolute Gasteiger partial charge is 0.492 e. The van der Waals surface area contributed by atoms with Crippen molar-refractivity contribution in [2.45, 2.75) is 19.3 Å². The molecule has 37 heavy (non-hydrogen) atoms. The standard InChI is InChI=1S/C26H22ClF3N4O3/c27-20-4-3-5-21(14-20)37-13-11-31-25(36)22-17-34(32-24(22)26(28,29)30)16-19-9-7-18(8-10-19)15-33-12-2-1-6-23(33)35/h1-10,12,14,17H,11,13,15-16H2,(H,31,36). The molecule has 2 heterocycles. The van der Waals surface area contributed by atoms with Crippen LogP contribution in [-0.4, -0.2) is 33.4 Å². The van der Waals surface area contributed by atoms with E-state index < -0.39 is 23.3 Å². The molecule has 0 atom stereocenters. The van der Waals surface area contributed by atoms with Crippen molar-refractivity contribution in [2.75, 3.05) is 13.2 Å². The molecule has 4 aromatic rings. The molecule has 0 bridgehead atoms. The summed E-state index contributed by atoms with van der Waals surface area (Å²) < 4.78 is 48.8. The van der Waals surface area contributed by atoms with Gasteiger partial charge in [0.2, 0.25) is 0 Å². The van der Waals surface area contributed by atoms with Gasteiger partial charge in [0.15, 0.2) is 5.69 Å². The Labute approximate surface area is 215 Å². The van der Waals surface area contributed by atoms with Crippen molar-refractivity contribution in [3.63, 3.8) is 0 Å². The van der Waals surface area contributed by atoms with Gasteiger partial charge in [0.25, 0.3) is 11.5 Å². The molecule has 1 N–H and O–H groups in total. The number of nitrogens with one attached hydrogen (secondary N) is 1. The van der Waals surface area contributed by atoms with E-state index >= 15 is 0 Å². The van der Waals surface area contributed by atoms with Gasteiger partial charge in [0, 0.05) is 23.5 Å². The van der Waals surface area contributed by atoms with Gasteiger partial charge in [0.05, 0.1) is 25.2 Å². The third-order valence-corrected chi connectivity index (χ3v) is 5.58. The van der Waals surface area contributed by atoms with E-state index in [2.05, 4.69) is 10.4 Å². The lowest BCUT2D eigenvalue weighted by atomic mass is 10.1. The minimum atomic E-state index is -4.80. The maximum absolute atomic E-state index is 13.6. The summed E-state index contributed by atoms with van der Waals surface area (Å²) in [6.45, 7) is 0.425. The van der Waals surface area contributed by atoms with E-state index in [1.54, 1.807) is 71.4 Å². The van der Waals surface area contributed by atoms with Crippen molar-refractivity contribution < 1.29 is 22.7 Å². The van der Waals surface area contributed by atoms with Crippen LogP contribution in [0.5, 0.6) is 5.75 Å². The molecule has 4 rings (SSSR count). The second kappa shape index (κ2) is 11.3. The molecule has 192 valence electrons. The van der Waals surface area contributed by atoms with Gasteiger partial charge in [0.1, 0.15) is 12.4 Å². The summed E-state index contributed by atoms with van der Waals surface area (Å²) in [5, 5.41) is 6.53. The summed E-state index contributed by atoms with van der Waals surface area (Å²) in [4.78, 5) is 24.4. The van der Waals surface area contributed by atoms with Crippen LogP contribution >= 0.6 is 11.6 Å². The SMILES string of the molecule is O=C(NCCOc1cccc(Cl)c1)c1cn(Cc2ccc(Cn3ccccc3=O)cc2)nc1C(F)(F)F. The van der Waals surface area contributed by atoms with Crippen LogP contribution in [0.3, 0.4) is 0 Å². The van der Waals surface area contributed by atoms with Crippen molar-refractivity contribution in [3.05, 3.63) is 117 Å². The van der Waals surface area contributed by atoms with Crippen LogP contribution in [0.2, 0.25) is 5.02 Å². The maximum atomic E-state index is 13.6. The molecular formula is C26H22ClF3N4O3. The number of carbonyl (C=O) groups excluding carboxylic acids is 1. The molecule has 0 saturated carbocycles. The van der Waals surface area contributed by atoms with Crippen LogP contribution in [0.1, 0.15) is 27.2 Å². The molecule has 0 unspecified atom stereocenters. The molecule has 0 saturated heterocycles. The Kier molecular flexibility index (Phi) is 7.98. The third-order valence-electron chi connectivity index (χ3n) is 5.35. The molecule has 11 heteroatoms. The zero-order valence-corrected chi connectivity index (χ0v) is 20.2. The number of hydrogen-bond donors (Lipinski definition) is 1. The molecule has 0 aliphatic heterocycles. The Bertz CT molecular complexity index is 1430. The van der Waals surface area contributed by atoms with Crippen LogP contribution in [0.15, 0.2) is 83.9 Å². The van der Waals surface area contributed by atoms with E-state index in [-0.39, 0.29) is 25.3 Å². The van der Waals surface area contributed by atoms with E-state index in [9.17, 15) is 22.8 Å². The molecule has 0 aliphatic rings. The highest BCUT2D eigenvalue weighted by atomic mass is 35.5. The van der Waals surface area contributed by atoms with Crippen LogP contribution in [-0.2, 0) is 19.3 Å². The minimum Gasteiger partial charge on any atom is -0.492 e. The van der Waals surface area contributed by atoms with Crippen molar-refractivity contribution in [1.29, 1.82) is 0 Å². The van der Waals surface area contributed by atoms with E-state index in [0.717, 1.165) is 16.4 Å². The van der Waals surface area contributed by atoms with Crippen molar-refractivity contribution in [3.8, 4) is 5.75 Å². The Morgan fingerprint density at radius 2 is 1.73 bits per heavy atom. The van der Waals surface area contributed by atoms with Gasteiger partial charge in [-0.2, -0.15) is 18.3 Å². The van der Waals surface area contributed by atoms with Crippen LogP contribution in [0.4, 0.5) is 13.2 Å². The first-order valence-corrected chi connectivity index (χ1v) is 11.6. The van der Waals surface area contributed by atoms with Crippen molar-refractivity contribution in [2.24, 2.45) is 0 Å². The number of aromatic nitrogens is 3. The normalized spacial score (nSPS) is 11.4. The molecule has 0 fully saturated rings. The topological polar surface area (TPSA) is 78.1 Å². The van der Waals surface area contributed by atoms with E-state index in [0.29, 0.717) is 22.9 Å². The van der Waals surface area contributed by atoms with Crippen LogP contribution in [0, 0.1) is 0 Å². The number of pyridine rings is 1. The summed E-state index contributed by atoms with van der Waals surface area (Å²) in [7, 11) is 0. The summed E-state index contributed by atoms with van der Waals surface area (Å²) >= 11 is 5.88. The van der Waals surface area contributed by atoms with E-state index in [1.165, 1.54) is 6.07 Å². The zero-order valence-electron chi connectivity index (χ0n) is 19.4. The van der Waals surface area contributed by atoms with Crippen LogP contribution in [0.25, 0.3) is 0 Å². The number of nitrogens with zero attached hydrogens (tertiary/aromatic N) is 3. The number of halogens is 4. The lowest BCUT2D eigenvalue weighted by molar-refractivity contribution is -0.141. The van der Waals surface area contributed by atoms with E-state index in [1.807, 2.05) is 0 Å². The van der Waals surface area contributed by atoms with Crippen molar-refractivity contribution >= 4 is 17.5 Å². The van der Waals surface area contributed by atoms with Gasteiger partial charge in [-0.15, -0.1) is 0 Å². The zero-order chi connectivity index (χ0) is 26.4. The summed E-state index contributed by atoms with van der Waals surface area (Å²) in [6, 6.07) is 18.6.